The molecule has 0 aromatic heterocycles. The highest BCUT2D eigenvalue weighted by atomic mass is 127. The van der Waals surface area contributed by atoms with Gasteiger partial charge in [-0.05, 0) is 41.1 Å². The van der Waals surface area contributed by atoms with Gasteiger partial charge in [-0.25, -0.2) is 0 Å². The van der Waals surface area contributed by atoms with Crippen LogP contribution in [0.1, 0.15) is 19.8 Å². The smallest absolute Gasteiger partial charge is 0.132 e. The molecule has 1 aromatic carbocycles. The molecule has 0 saturated carbocycles. The molecule has 1 aromatic rings. The Kier molecular flexibility index (Phi) is 11.8. The van der Waals surface area contributed by atoms with Crippen LogP contribution in [0.15, 0.2) is 24.3 Å². The molecule has 0 bridgehead atoms. The first kappa shape index (κ1) is 18.7. The molecule has 0 saturated heterocycles. The maximum absolute atomic E-state index is 5.63. The Morgan fingerprint density at radius 1 is 0.810 bits per heavy atom. The molecule has 5 heteroatoms. The van der Waals surface area contributed by atoms with Gasteiger partial charge in [-0.2, -0.15) is 0 Å². The van der Waals surface area contributed by atoms with E-state index < -0.39 is 0 Å². The monoisotopic (exact) mass is 408 g/mol. The van der Waals surface area contributed by atoms with E-state index in [0.717, 1.165) is 22.3 Å². The second-order valence-electron chi connectivity index (χ2n) is 4.47. The fourth-order valence-corrected chi connectivity index (χ4v) is 2.10. The number of unbranched alkanes of at least 4 members (excludes halogenated alkanes) is 1. The third-order valence-electron chi connectivity index (χ3n) is 2.71. The van der Waals surface area contributed by atoms with E-state index in [4.69, 9.17) is 18.9 Å². The average Bonchev–Trinajstić information content (AvgIpc) is 2.50. The molecule has 0 heterocycles. The Bertz CT molecular complexity index is 360. The molecule has 120 valence electrons. The molecule has 0 N–H and O–H groups in total. The lowest BCUT2D eigenvalue weighted by molar-refractivity contribution is 0.00891. The first-order valence-corrected chi connectivity index (χ1v) is 8.53. The van der Waals surface area contributed by atoms with Crippen molar-refractivity contribution in [3.05, 3.63) is 27.8 Å². The van der Waals surface area contributed by atoms with Gasteiger partial charge in [-0.3, -0.25) is 0 Å². The van der Waals surface area contributed by atoms with E-state index in [2.05, 4.69) is 29.5 Å². The molecule has 0 aliphatic carbocycles. The van der Waals surface area contributed by atoms with Gasteiger partial charge in [-0.1, -0.05) is 25.5 Å². The van der Waals surface area contributed by atoms with E-state index in [0.29, 0.717) is 39.6 Å². The van der Waals surface area contributed by atoms with Crippen LogP contribution in [0.2, 0.25) is 0 Å². The Labute approximate surface area is 141 Å². The SMILES string of the molecule is CCCCOCCOCCOCCOc1ccccc1I. The maximum atomic E-state index is 5.63. The molecule has 0 spiro atoms. The first-order valence-electron chi connectivity index (χ1n) is 7.45. The van der Waals surface area contributed by atoms with Gasteiger partial charge >= 0.3 is 0 Å². The van der Waals surface area contributed by atoms with Gasteiger partial charge < -0.3 is 18.9 Å². The summed E-state index contributed by atoms with van der Waals surface area (Å²) in [4.78, 5) is 0. The van der Waals surface area contributed by atoms with Crippen LogP contribution < -0.4 is 4.74 Å². The van der Waals surface area contributed by atoms with Gasteiger partial charge in [-0.15, -0.1) is 0 Å². The number of para-hydroxylation sites is 1. The van der Waals surface area contributed by atoms with Crippen molar-refractivity contribution in [3.8, 4) is 5.75 Å². The lowest BCUT2D eigenvalue weighted by Gasteiger charge is -2.09. The molecule has 0 aliphatic rings. The number of ether oxygens (including phenoxy) is 4. The third-order valence-corrected chi connectivity index (χ3v) is 3.60. The number of hydrogen-bond acceptors (Lipinski definition) is 4. The maximum Gasteiger partial charge on any atom is 0.132 e. The van der Waals surface area contributed by atoms with Gasteiger partial charge in [0.15, 0.2) is 0 Å². The summed E-state index contributed by atoms with van der Waals surface area (Å²) in [6, 6.07) is 7.94. The summed E-state index contributed by atoms with van der Waals surface area (Å²) in [6.45, 7) is 6.58. The van der Waals surface area contributed by atoms with E-state index in [1.165, 1.54) is 6.42 Å². The number of halogens is 1. The minimum atomic E-state index is 0.556. The summed E-state index contributed by atoms with van der Waals surface area (Å²) in [7, 11) is 0. The molecule has 0 unspecified atom stereocenters. The number of hydrogen-bond donors (Lipinski definition) is 0. The van der Waals surface area contributed by atoms with E-state index in [9.17, 15) is 0 Å². The van der Waals surface area contributed by atoms with Crippen molar-refractivity contribution in [2.75, 3.05) is 46.2 Å². The lowest BCUT2D eigenvalue weighted by Crippen LogP contribution is -2.13. The fraction of sp³-hybridized carbons (Fsp3) is 0.625. The summed E-state index contributed by atoms with van der Waals surface area (Å²) in [5.41, 5.74) is 0. The summed E-state index contributed by atoms with van der Waals surface area (Å²) < 4.78 is 23.0. The molecular weight excluding hydrogens is 383 g/mol. The predicted molar refractivity (Wildman–Crippen MR) is 92.0 cm³/mol. The van der Waals surface area contributed by atoms with Crippen molar-refractivity contribution in [2.24, 2.45) is 0 Å². The molecule has 1 rings (SSSR count). The van der Waals surface area contributed by atoms with Crippen molar-refractivity contribution < 1.29 is 18.9 Å². The summed E-state index contributed by atoms with van der Waals surface area (Å²) >= 11 is 2.26. The van der Waals surface area contributed by atoms with E-state index >= 15 is 0 Å². The zero-order valence-electron chi connectivity index (χ0n) is 12.7. The van der Waals surface area contributed by atoms with Crippen LogP contribution in [0, 0.1) is 3.57 Å². The van der Waals surface area contributed by atoms with Crippen molar-refractivity contribution in [1.82, 2.24) is 0 Å². The van der Waals surface area contributed by atoms with E-state index in [-0.39, 0.29) is 0 Å². The Balaban J connectivity index is 1.84. The highest BCUT2D eigenvalue weighted by molar-refractivity contribution is 14.1. The molecule has 0 atom stereocenters. The summed E-state index contributed by atoms with van der Waals surface area (Å²) in [6.07, 6.45) is 2.28. The molecule has 0 fully saturated rings. The standard InChI is InChI=1S/C16H25IO4/c1-2-3-8-18-9-10-19-11-12-20-13-14-21-16-7-5-4-6-15(16)17/h4-7H,2-3,8-14H2,1H3. The zero-order valence-corrected chi connectivity index (χ0v) is 14.8. The second kappa shape index (κ2) is 13.3. The van der Waals surface area contributed by atoms with E-state index in [1.807, 2.05) is 24.3 Å². The van der Waals surface area contributed by atoms with E-state index in [1.54, 1.807) is 0 Å². The van der Waals surface area contributed by atoms with Crippen LogP contribution in [0.3, 0.4) is 0 Å². The Hall–Kier alpha value is -0.370. The molecule has 21 heavy (non-hydrogen) atoms. The van der Waals surface area contributed by atoms with Crippen molar-refractivity contribution >= 4 is 22.6 Å². The highest BCUT2D eigenvalue weighted by Crippen LogP contribution is 2.19. The Morgan fingerprint density at radius 3 is 2.00 bits per heavy atom. The minimum absolute atomic E-state index is 0.556. The highest BCUT2D eigenvalue weighted by Gasteiger charge is 1.98. The predicted octanol–water partition coefficient (Wildman–Crippen LogP) is 3.52. The topological polar surface area (TPSA) is 36.9 Å². The quantitative estimate of drug-likeness (QED) is 0.370. The number of benzene rings is 1. The number of rotatable bonds is 13. The molecule has 0 radical (unpaired) electrons. The average molecular weight is 408 g/mol. The van der Waals surface area contributed by atoms with Gasteiger partial charge in [0.1, 0.15) is 12.4 Å². The van der Waals surface area contributed by atoms with Crippen LogP contribution in [0.4, 0.5) is 0 Å². The molecular formula is C16H25IO4. The van der Waals surface area contributed by atoms with Crippen LogP contribution in [-0.2, 0) is 14.2 Å². The van der Waals surface area contributed by atoms with Gasteiger partial charge in [0.2, 0.25) is 0 Å². The Morgan fingerprint density at radius 2 is 1.38 bits per heavy atom. The normalized spacial score (nSPS) is 10.8. The zero-order chi connectivity index (χ0) is 15.2. The van der Waals surface area contributed by atoms with Crippen LogP contribution in [0.5, 0.6) is 5.75 Å². The largest absolute Gasteiger partial charge is 0.490 e. The summed E-state index contributed by atoms with van der Waals surface area (Å²) in [5, 5.41) is 0. The van der Waals surface area contributed by atoms with Crippen molar-refractivity contribution in [1.29, 1.82) is 0 Å². The fourth-order valence-electron chi connectivity index (χ4n) is 1.56. The third kappa shape index (κ3) is 10.1. The molecule has 4 nitrogen and oxygen atoms in total. The van der Waals surface area contributed by atoms with Crippen LogP contribution in [0.25, 0.3) is 0 Å². The van der Waals surface area contributed by atoms with Crippen molar-refractivity contribution in [2.45, 2.75) is 19.8 Å². The molecule has 0 amide bonds. The van der Waals surface area contributed by atoms with Gasteiger partial charge in [0.05, 0.1) is 36.6 Å². The lowest BCUT2D eigenvalue weighted by atomic mass is 10.3. The van der Waals surface area contributed by atoms with Gasteiger partial charge in [0, 0.05) is 6.61 Å². The van der Waals surface area contributed by atoms with Crippen LogP contribution >= 0.6 is 22.6 Å². The van der Waals surface area contributed by atoms with Crippen LogP contribution in [-0.4, -0.2) is 46.2 Å². The summed E-state index contributed by atoms with van der Waals surface area (Å²) in [5.74, 6) is 0.905. The first-order chi connectivity index (χ1) is 10.3. The minimum Gasteiger partial charge on any atom is -0.490 e. The molecule has 0 aliphatic heterocycles. The second-order valence-corrected chi connectivity index (χ2v) is 5.63. The van der Waals surface area contributed by atoms with Gasteiger partial charge in [0.25, 0.3) is 0 Å². The van der Waals surface area contributed by atoms with Crippen molar-refractivity contribution in [3.63, 3.8) is 0 Å².